The molecule has 1 aromatic heterocycles. The van der Waals surface area contributed by atoms with E-state index in [1.165, 1.54) is 94.9 Å². The van der Waals surface area contributed by atoms with Crippen molar-refractivity contribution in [1.82, 2.24) is 0 Å². The number of hydrogen-bond acceptors (Lipinski definition) is 4. The first-order valence-electron chi connectivity index (χ1n) is 29.7. The van der Waals surface area contributed by atoms with Gasteiger partial charge in [-0.1, -0.05) is 209 Å². The van der Waals surface area contributed by atoms with Crippen LogP contribution in [0.2, 0.25) is 0 Å². The van der Waals surface area contributed by atoms with Crippen molar-refractivity contribution in [3.05, 3.63) is 251 Å². The van der Waals surface area contributed by atoms with E-state index in [1.807, 2.05) is 0 Å². The van der Waals surface area contributed by atoms with Gasteiger partial charge in [-0.05, 0) is 173 Å². The van der Waals surface area contributed by atoms with Crippen molar-refractivity contribution in [3.63, 3.8) is 0 Å². The average molecular weight is 1060 g/mol. The van der Waals surface area contributed by atoms with Gasteiger partial charge in [0.25, 0.3) is 0 Å². The largest absolute Gasteiger partial charge is 0.454 e. The Balaban J connectivity index is 1.06. The summed E-state index contributed by atoms with van der Waals surface area (Å²) in [5.41, 5.74) is 28.7. The third-order valence-corrected chi connectivity index (χ3v) is 19.8. The predicted octanol–water partition coefficient (Wildman–Crippen LogP) is 19.4. The fraction of sp³-hybridized carbons (Fsp3) is 0.221. The first kappa shape index (κ1) is 49.3. The minimum atomic E-state index is -0.593. The summed E-state index contributed by atoms with van der Waals surface area (Å²) in [4.78, 5) is 7.90. The molecule has 400 valence electrons. The molecule has 3 aliphatic heterocycles. The second-order valence-corrected chi connectivity index (χ2v) is 27.5. The normalized spacial score (nSPS) is 16.3. The van der Waals surface area contributed by atoms with Gasteiger partial charge in [0, 0.05) is 50.5 Å². The van der Waals surface area contributed by atoms with Crippen LogP contribution in [-0.4, -0.2) is 6.85 Å². The van der Waals surface area contributed by atoms with Gasteiger partial charge in [-0.2, -0.15) is 0 Å². The van der Waals surface area contributed by atoms with Crippen LogP contribution in [0, 0.1) is 0 Å². The molecule has 0 atom stereocenters. The van der Waals surface area contributed by atoms with Gasteiger partial charge in [0.05, 0.1) is 16.8 Å². The Hall–Kier alpha value is -8.54. The van der Waals surface area contributed by atoms with E-state index in [4.69, 9.17) is 4.42 Å². The van der Waals surface area contributed by atoms with Crippen molar-refractivity contribution in [3.8, 4) is 22.3 Å². The fourth-order valence-electron chi connectivity index (χ4n) is 15.6. The smallest absolute Gasteiger partial charge is 0.333 e. The van der Waals surface area contributed by atoms with Crippen LogP contribution < -0.4 is 25.5 Å². The fourth-order valence-corrected chi connectivity index (χ4v) is 15.6. The second-order valence-electron chi connectivity index (χ2n) is 27.5. The molecule has 0 saturated carbocycles. The van der Waals surface area contributed by atoms with Gasteiger partial charge < -0.3 is 19.0 Å². The average Bonchev–Trinajstić information content (AvgIpc) is 3.05. The van der Waals surface area contributed by atoms with Crippen LogP contribution in [-0.2, 0) is 27.1 Å². The second kappa shape index (κ2) is 16.8. The van der Waals surface area contributed by atoms with Crippen LogP contribution in [0.15, 0.2) is 211 Å². The van der Waals surface area contributed by atoms with Crippen molar-refractivity contribution >= 4 is 85.2 Å². The molecule has 0 amide bonds. The van der Waals surface area contributed by atoms with E-state index in [1.54, 1.807) is 0 Å². The molecule has 82 heavy (non-hydrogen) atoms. The zero-order valence-corrected chi connectivity index (χ0v) is 48.9. The highest BCUT2D eigenvalue weighted by molar-refractivity contribution is 6.94. The molecule has 5 aliphatic rings. The standard InChI is InChI=1S/C77H68BN3O/c1-73(2,3)47-30-34-49(35-31-47)79(50-36-32-48(33-37-50)74(4,5)6)52-44-58-56-39-40-57-55-22-13-18-29-68(55)82-72(57)70(56)81(51-38-41-61-64(45-51)76(9,10)43-42-75(61,7)8)78-65-27-19-26-63-71(65)80(67(46-52)69(58)78)66-28-17-16-25-62(66)77(63)59-23-14-11-20-53(59)54-21-12-15-24-60(54)77/h11-41,44-46H,42-43H2,1-10H3. The summed E-state index contributed by atoms with van der Waals surface area (Å²) in [7, 11) is 0. The zero-order chi connectivity index (χ0) is 56.0. The maximum atomic E-state index is 7.34. The van der Waals surface area contributed by atoms with E-state index in [-0.39, 0.29) is 28.5 Å². The Morgan fingerprint density at radius 1 is 0.439 bits per heavy atom. The Labute approximate surface area is 483 Å². The summed E-state index contributed by atoms with van der Waals surface area (Å²) in [5.74, 6) is 0. The lowest BCUT2D eigenvalue weighted by Gasteiger charge is -2.52. The quantitative estimate of drug-likeness (QED) is 0.164. The van der Waals surface area contributed by atoms with Gasteiger partial charge in [0.15, 0.2) is 5.58 Å². The van der Waals surface area contributed by atoms with Gasteiger partial charge in [-0.25, -0.2) is 0 Å². The Bertz CT molecular complexity index is 4400. The van der Waals surface area contributed by atoms with Crippen LogP contribution in [0.4, 0.5) is 45.5 Å². The van der Waals surface area contributed by atoms with Gasteiger partial charge in [-0.15, -0.1) is 0 Å². The van der Waals surface area contributed by atoms with Gasteiger partial charge in [-0.3, -0.25) is 0 Å². The van der Waals surface area contributed by atoms with E-state index in [9.17, 15) is 0 Å². The molecule has 1 spiro atoms. The molecule has 5 heteroatoms. The molecule has 4 nitrogen and oxygen atoms in total. The number of rotatable bonds is 4. The van der Waals surface area contributed by atoms with Gasteiger partial charge in [0.2, 0.25) is 0 Å². The topological polar surface area (TPSA) is 22.9 Å². The molecule has 10 aromatic carbocycles. The molecule has 0 N–H and O–H groups in total. The minimum absolute atomic E-state index is 0.00519. The summed E-state index contributed by atoms with van der Waals surface area (Å²) < 4.78 is 7.34. The first-order chi connectivity index (χ1) is 39.4. The van der Waals surface area contributed by atoms with Crippen LogP contribution >= 0.6 is 0 Å². The highest BCUT2D eigenvalue weighted by Gasteiger charge is 2.56. The lowest BCUT2D eigenvalue weighted by atomic mass is 9.42. The van der Waals surface area contributed by atoms with E-state index >= 15 is 0 Å². The third-order valence-electron chi connectivity index (χ3n) is 19.8. The molecular weight excluding hydrogens is 994 g/mol. The molecule has 2 aliphatic carbocycles. The predicted molar refractivity (Wildman–Crippen MR) is 346 cm³/mol. The molecule has 0 unspecified atom stereocenters. The van der Waals surface area contributed by atoms with Crippen molar-refractivity contribution in [1.29, 1.82) is 0 Å². The van der Waals surface area contributed by atoms with E-state index in [2.05, 4.69) is 290 Å². The number of para-hydroxylation sites is 3. The summed E-state index contributed by atoms with van der Waals surface area (Å²) >= 11 is 0. The first-order valence-corrected chi connectivity index (χ1v) is 29.7. The summed E-state index contributed by atoms with van der Waals surface area (Å²) in [6, 6.07) is 79.6. The molecule has 0 fully saturated rings. The number of fused-ring (bicyclic) bond motifs is 18. The Kier molecular flexibility index (Phi) is 10.1. The summed E-state index contributed by atoms with van der Waals surface area (Å²) in [5, 5.41) is 2.25. The van der Waals surface area contributed by atoms with Crippen molar-refractivity contribution < 1.29 is 4.42 Å². The van der Waals surface area contributed by atoms with Crippen LogP contribution in [0.3, 0.4) is 0 Å². The Morgan fingerprint density at radius 2 is 1.02 bits per heavy atom. The number of benzene rings is 10. The number of anilines is 8. The van der Waals surface area contributed by atoms with Crippen molar-refractivity contribution in [2.45, 2.75) is 109 Å². The van der Waals surface area contributed by atoms with E-state index in [0.29, 0.717) is 0 Å². The van der Waals surface area contributed by atoms with Crippen LogP contribution in [0.1, 0.15) is 127 Å². The lowest BCUT2D eigenvalue weighted by Crippen LogP contribution is -2.62. The molecule has 0 saturated heterocycles. The Morgan fingerprint density at radius 3 is 1.68 bits per heavy atom. The van der Waals surface area contributed by atoms with Gasteiger partial charge >= 0.3 is 6.85 Å². The maximum Gasteiger partial charge on any atom is 0.333 e. The SMILES string of the molecule is CC(C)(C)c1ccc(N(c2ccc(C(C)(C)C)cc2)c2cc3c4c(c2)N2c5ccccc5C5(c6ccccc6-c6ccccc65)c5cccc(c52)B4N(c2ccc4c(c2)C(C)(C)CCC4(C)C)c2c-3ccc3c2oc2ccccc23)cc1. The summed E-state index contributed by atoms with van der Waals surface area (Å²) in [6.07, 6.45) is 2.28. The number of hydrogen-bond donors (Lipinski definition) is 0. The molecule has 11 aromatic rings. The zero-order valence-electron chi connectivity index (χ0n) is 48.9. The van der Waals surface area contributed by atoms with Crippen molar-refractivity contribution in [2.24, 2.45) is 0 Å². The highest BCUT2D eigenvalue weighted by atomic mass is 16.3. The van der Waals surface area contributed by atoms with Gasteiger partial charge in [0.1, 0.15) is 5.58 Å². The molecule has 0 radical (unpaired) electrons. The van der Waals surface area contributed by atoms with E-state index < -0.39 is 5.41 Å². The third kappa shape index (κ3) is 6.68. The molecular formula is C77H68BN3O. The molecule has 0 bridgehead atoms. The molecule has 16 rings (SSSR count). The number of nitrogens with zero attached hydrogens (tertiary/aromatic N) is 3. The molecule has 4 heterocycles. The van der Waals surface area contributed by atoms with E-state index in [0.717, 1.165) is 63.1 Å². The minimum Gasteiger partial charge on any atom is -0.454 e. The maximum absolute atomic E-state index is 7.34. The highest BCUT2D eigenvalue weighted by Crippen LogP contribution is 2.65. The van der Waals surface area contributed by atoms with Crippen molar-refractivity contribution in [2.75, 3.05) is 14.6 Å². The number of furan rings is 1. The summed E-state index contributed by atoms with van der Waals surface area (Å²) in [6.45, 7) is 23.4. The monoisotopic (exact) mass is 1060 g/mol. The van der Waals surface area contributed by atoms with Crippen LogP contribution in [0.25, 0.3) is 44.2 Å². The van der Waals surface area contributed by atoms with Crippen LogP contribution in [0.5, 0.6) is 0 Å². The lowest BCUT2D eigenvalue weighted by molar-refractivity contribution is 0.332.